The second kappa shape index (κ2) is 9.11. The summed E-state index contributed by atoms with van der Waals surface area (Å²) in [6.07, 6.45) is 0. The SMILES string of the molecule is COc1cccc(NC(=O)Cn2c(=O)n(Cc3ccccc3OC)c(=O)c3sccc32)c1. The van der Waals surface area contributed by atoms with Gasteiger partial charge in [0, 0.05) is 17.3 Å². The summed E-state index contributed by atoms with van der Waals surface area (Å²) in [6, 6.07) is 15.8. The minimum Gasteiger partial charge on any atom is -0.497 e. The van der Waals surface area contributed by atoms with Gasteiger partial charge in [0.15, 0.2) is 0 Å². The topological polar surface area (TPSA) is 91.6 Å². The van der Waals surface area contributed by atoms with Gasteiger partial charge in [-0.1, -0.05) is 24.3 Å². The lowest BCUT2D eigenvalue weighted by Gasteiger charge is -2.14. The average molecular weight is 452 g/mol. The van der Waals surface area contributed by atoms with Crippen LogP contribution in [0.4, 0.5) is 5.69 Å². The molecule has 0 unspecified atom stereocenters. The van der Waals surface area contributed by atoms with Gasteiger partial charge in [0.1, 0.15) is 22.7 Å². The number of nitrogens with one attached hydrogen (secondary N) is 1. The van der Waals surface area contributed by atoms with Gasteiger partial charge in [0.05, 0.1) is 26.3 Å². The minimum atomic E-state index is -0.562. The summed E-state index contributed by atoms with van der Waals surface area (Å²) >= 11 is 1.23. The van der Waals surface area contributed by atoms with E-state index in [4.69, 9.17) is 9.47 Å². The Kier molecular flexibility index (Phi) is 6.09. The number of thiophene rings is 1. The Morgan fingerprint density at radius 1 is 1.00 bits per heavy atom. The zero-order valence-corrected chi connectivity index (χ0v) is 18.3. The number of hydrogen-bond donors (Lipinski definition) is 1. The van der Waals surface area contributed by atoms with Gasteiger partial charge in [-0.15, -0.1) is 11.3 Å². The number of hydrogen-bond acceptors (Lipinski definition) is 6. The zero-order chi connectivity index (χ0) is 22.7. The maximum atomic E-state index is 13.3. The van der Waals surface area contributed by atoms with Gasteiger partial charge in [0.2, 0.25) is 5.91 Å². The Labute approximate surface area is 187 Å². The lowest BCUT2D eigenvalue weighted by atomic mass is 10.2. The van der Waals surface area contributed by atoms with E-state index >= 15 is 0 Å². The van der Waals surface area contributed by atoms with Crippen molar-refractivity contribution >= 4 is 33.1 Å². The summed E-state index contributed by atoms with van der Waals surface area (Å²) in [5.74, 6) is 0.785. The van der Waals surface area contributed by atoms with Gasteiger partial charge in [-0.05, 0) is 29.6 Å². The highest BCUT2D eigenvalue weighted by Crippen LogP contribution is 2.20. The summed E-state index contributed by atoms with van der Waals surface area (Å²) < 4.78 is 13.4. The summed E-state index contributed by atoms with van der Waals surface area (Å²) in [7, 11) is 3.07. The smallest absolute Gasteiger partial charge is 0.332 e. The molecule has 1 amide bonds. The summed E-state index contributed by atoms with van der Waals surface area (Å²) in [5.41, 5.74) is 0.717. The molecule has 0 aliphatic carbocycles. The average Bonchev–Trinajstić information content (AvgIpc) is 3.30. The lowest BCUT2D eigenvalue weighted by Crippen LogP contribution is -2.41. The van der Waals surface area contributed by atoms with Crippen molar-refractivity contribution in [2.75, 3.05) is 19.5 Å². The number of carbonyl (C=O) groups is 1. The van der Waals surface area contributed by atoms with Crippen LogP contribution in [0.5, 0.6) is 11.5 Å². The zero-order valence-electron chi connectivity index (χ0n) is 17.5. The van der Waals surface area contributed by atoms with Crippen LogP contribution in [0.2, 0.25) is 0 Å². The molecular formula is C23H21N3O5S. The number of methoxy groups -OCH3 is 2. The lowest BCUT2D eigenvalue weighted by molar-refractivity contribution is -0.116. The van der Waals surface area contributed by atoms with Crippen molar-refractivity contribution in [1.29, 1.82) is 0 Å². The molecule has 0 saturated carbocycles. The van der Waals surface area contributed by atoms with Crippen LogP contribution < -0.4 is 26.0 Å². The van der Waals surface area contributed by atoms with E-state index in [0.717, 1.165) is 4.57 Å². The number of nitrogens with zero attached hydrogens (tertiary/aromatic N) is 2. The van der Waals surface area contributed by atoms with Crippen LogP contribution >= 0.6 is 11.3 Å². The van der Waals surface area contributed by atoms with E-state index in [1.165, 1.54) is 23.0 Å². The van der Waals surface area contributed by atoms with Crippen molar-refractivity contribution in [3.05, 3.63) is 86.4 Å². The predicted molar refractivity (Wildman–Crippen MR) is 124 cm³/mol. The third kappa shape index (κ3) is 4.15. The maximum Gasteiger partial charge on any atom is 0.332 e. The quantitative estimate of drug-likeness (QED) is 0.467. The van der Waals surface area contributed by atoms with E-state index in [0.29, 0.717) is 33.0 Å². The number of fused-ring (bicyclic) bond motifs is 1. The molecule has 1 N–H and O–H groups in total. The minimum absolute atomic E-state index is 0.0347. The van der Waals surface area contributed by atoms with Crippen LogP contribution in [0.15, 0.2) is 69.6 Å². The largest absolute Gasteiger partial charge is 0.497 e. The summed E-state index contributed by atoms with van der Waals surface area (Å²) in [4.78, 5) is 39.0. The van der Waals surface area contributed by atoms with Gasteiger partial charge in [-0.2, -0.15) is 0 Å². The molecule has 2 heterocycles. The first kappa shape index (κ1) is 21.4. The first-order valence-electron chi connectivity index (χ1n) is 9.78. The van der Waals surface area contributed by atoms with Gasteiger partial charge < -0.3 is 14.8 Å². The number of anilines is 1. The summed E-state index contributed by atoms with van der Waals surface area (Å²) in [5, 5.41) is 4.50. The van der Waals surface area contributed by atoms with E-state index in [1.54, 1.807) is 55.0 Å². The molecule has 0 radical (unpaired) electrons. The fraction of sp³-hybridized carbons (Fsp3) is 0.174. The van der Waals surface area contributed by atoms with Crippen molar-refractivity contribution in [1.82, 2.24) is 9.13 Å². The predicted octanol–water partition coefficient (Wildman–Crippen LogP) is 2.93. The van der Waals surface area contributed by atoms with Crippen molar-refractivity contribution < 1.29 is 14.3 Å². The monoisotopic (exact) mass is 451 g/mol. The number of ether oxygens (including phenoxy) is 2. The first-order valence-corrected chi connectivity index (χ1v) is 10.7. The van der Waals surface area contributed by atoms with Crippen LogP contribution in [0.3, 0.4) is 0 Å². The molecule has 9 heteroatoms. The molecule has 32 heavy (non-hydrogen) atoms. The Morgan fingerprint density at radius 2 is 1.81 bits per heavy atom. The second-order valence-corrected chi connectivity index (χ2v) is 7.90. The Hall–Kier alpha value is -3.85. The molecule has 0 bridgehead atoms. The maximum absolute atomic E-state index is 13.3. The molecule has 4 rings (SSSR count). The van der Waals surface area contributed by atoms with Crippen LogP contribution in [0, 0.1) is 0 Å². The third-order valence-electron chi connectivity index (χ3n) is 5.01. The number of para-hydroxylation sites is 1. The van der Waals surface area contributed by atoms with E-state index in [9.17, 15) is 14.4 Å². The molecule has 0 fully saturated rings. The van der Waals surface area contributed by atoms with Crippen LogP contribution in [-0.4, -0.2) is 29.3 Å². The highest BCUT2D eigenvalue weighted by Gasteiger charge is 2.18. The molecule has 0 aliphatic heterocycles. The molecule has 2 aromatic carbocycles. The van der Waals surface area contributed by atoms with Crippen LogP contribution in [-0.2, 0) is 17.9 Å². The van der Waals surface area contributed by atoms with E-state index in [-0.39, 0.29) is 13.1 Å². The van der Waals surface area contributed by atoms with Crippen molar-refractivity contribution in [3.63, 3.8) is 0 Å². The number of benzene rings is 2. The second-order valence-electron chi connectivity index (χ2n) is 6.99. The van der Waals surface area contributed by atoms with E-state index in [2.05, 4.69) is 5.32 Å². The van der Waals surface area contributed by atoms with Gasteiger partial charge in [-0.3, -0.25) is 18.7 Å². The molecule has 0 aliphatic rings. The third-order valence-corrected chi connectivity index (χ3v) is 5.90. The van der Waals surface area contributed by atoms with Gasteiger partial charge >= 0.3 is 5.69 Å². The van der Waals surface area contributed by atoms with Crippen molar-refractivity contribution in [2.45, 2.75) is 13.1 Å². The van der Waals surface area contributed by atoms with Crippen molar-refractivity contribution in [3.8, 4) is 11.5 Å². The number of aromatic nitrogens is 2. The summed E-state index contributed by atoms with van der Waals surface area (Å²) in [6.45, 7) is -0.206. The fourth-order valence-electron chi connectivity index (χ4n) is 3.47. The normalized spacial score (nSPS) is 10.8. The van der Waals surface area contributed by atoms with E-state index < -0.39 is 17.2 Å². The Balaban J connectivity index is 1.71. The highest BCUT2D eigenvalue weighted by atomic mass is 32.1. The number of carbonyl (C=O) groups excluding carboxylic acids is 1. The Bertz CT molecular complexity index is 1400. The molecule has 0 spiro atoms. The standard InChI is InChI=1S/C23H21N3O5S/c1-30-17-8-5-7-16(12-17)24-20(27)14-25-18-10-11-32-21(18)22(28)26(23(25)29)13-15-6-3-4-9-19(15)31-2/h3-12H,13-14H2,1-2H3,(H,24,27). The van der Waals surface area contributed by atoms with Gasteiger partial charge in [0.25, 0.3) is 5.56 Å². The molecule has 2 aromatic heterocycles. The molecule has 0 atom stereocenters. The number of rotatable bonds is 7. The Morgan fingerprint density at radius 3 is 2.59 bits per heavy atom. The van der Waals surface area contributed by atoms with Crippen molar-refractivity contribution in [2.24, 2.45) is 0 Å². The molecule has 4 aromatic rings. The highest BCUT2D eigenvalue weighted by molar-refractivity contribution is 7.17. The number of amides is 1. The molecular weight excluding hydrogens is 430 g/mol. The van der Waals surface area contributed by atoms with Crippen LogP contribution in [0.25, 0.3) is 10.2 Å². The van der Waals surface area contributed by atoms with E-state index in [1.807, 2.05) is 12.1 Å². The van der Waals surface area contributed by atoms with Gasteiger partial charge in [-0.25, -0.2) is 4.79 Å². The fourth-order valence-corrected chi connectivity index (χ4v) is 4.32. The molecule has 8 nitrogen and oxygen atoms in total. The molecule has 0 saturated heterocycles. The first-order chi connectivity index (χ1) is 15.5. The molecule has 164 valence electrons. The van der Waals surface area contributed by atoms with Crippen LogP contribution in [0.1, 0.15) is 5.56 Å².